The molecule has 0 amide bonds. The standard InChI is InChI=1S/C16H10F3N3O3S/c1-9-4-10(7-20)6-11(5-9)25-13-2-3-14(15-12(13)8-21-22-15)26(23,24)16(17,18)19/h2-6,8H,1H3,(H,21,22). The number of aryl methyl sites for hydroxylation is 1. The van der Waals surface area contributed by atoms with Crippen molar-refractivity contribution < 1.29 is 26.3 Å². The van der Waals surface area contributed by atoms with Crippen molar-refractivity contribution in [3.05, 3.63) is 47.7 Å². The fraction of sp³-hybridized carbons (Fsp3) is 0.125. The second-order valence-electron chi connectivity index (χ2n) is 5.42. The maximum absolute atomic E-state index is 12.8. The molecule has 0 spiro atoms. The van der Waals surface area contributed by atoms with E-state index in [1.807, 2.05) is 6.07 Å². The molecule has 0 atom stereocenters. The molecule has 3 rings (SSSR count). The summed E-state index contributed by atoms with van der Waals surface area (Å²) < 4.78 is 67.6. The molecule has 0 unspecified atom stereocenters. The molecule has 2 aromatic carbocycles. The number of fused-ring (bicyclic) bond motifs is 1. The normalized spacial score (nSPS) is 12.1. The van der Waals surface area contributed by atoms with E-state index in [1.165, 1.54) is 12.3 Å². The van der Waals surface area contributed by atoms with Crippen LogP contribution < -0.4 is 4.74 Å². The molecule has 3 aromatic rings. The number of aromatic amines is 1. The van der Waals surface area contributed by atoms with Crippen molar-refractivity contribution in [2.75, 3.05) is 0 Å². The quantitative estimate of drug-likeness (QED) is 0.744. The van der Waals surface area contributed by atoms with Crippen molar-refractivity contribution in [2.45, 2.75) is 17.3 Å². The number of H-pyrrole nitrogens is 1. The summed E-state index contributed by atoms with van der Waals surface area (Å²) in [6.07, 6.45) is 1.17. The van der Waals surface area contributed by atoms with Gasteiger partial charge in [0.15, 0.2) is 0 Å². The predicted molar refractivity (Wildman–Crippen MR) is 85.3 cm³/mol. The largest absolute Gasteiger partial charge is 0.501 e. The Labute approximate surface area is 145 Å². The Bertz CT molecular complexity index is 1140. The minimum atomic E-state index is -5.55. The molecule has 0 saturated carbocycles. The van der Waals surface area contributed by atoms with Gasteiger partial charge in [0.1, 0.15) is 16.4 Å². The van der Waals surface area contributed by atoms with Crippen LogP contribution >= 0.6 is 0 Å². The Kier molecular flexibility index (Phi) is 4.12. The Hall–Kier alpha value is -3.06. The van der Waals surface area contributed by atoms with Gasteiger partial charge in [-0.3, -0.25) is 5.10 Å². The van der Waals surface area contributed by atoms with Gasteiger partial charge in [-0.15, -0.1) is 0 Å². The van der Waals surface area contributed by atoms with Crippen LogP contribution in [-0.4, -0.2) is 24.1 Å². The van der Waals surface area contributed by atoms with Gasteiger partial charge < -0.3 is 4.74 Å². The fourth-order valence-corrected chi connectivity index (χ4v) is 3.34. The molecule has 0 aliphatic heterocycles. The van der Waals surface area contributed by atoms with Crippen LogP contribution in [0.4, 0.5) is 13.2 Å². The lowest BCUT2D eigenvalue weighted by Gasteiger charge is -2.12. The molecule has 0 bridgehead atoms. The van der Waals surface area contributed by atoms with E-state index in [-0.39, 0.29) is 22.4 Å². The molecule has 0 fully saturated rings. The van der Waals surface area contributed by atoms with Gasteiger partial charge in [-0.1, -0.05) is 0 Å². The number of hydrogen-bond acceptors (Lipinski definition) is 5. The molecule has 1 N–H and O–H groups in total. The third kappa shape index (κ3) is 2.97. The monoisotopic (exact) mass is 381 g/mol. The summed E-state index contributed by atoms with van der Waals surface area (Å²) in [7, 11) is -5.55. The SMILES string of the molecule is Cc1cc(C#N)cc(Oc2ccc(S(=O)(=O)C(F)(F)F)c3[nH]ncc23)c1. The Morgan fingerprint density at radius 2 is 1.96 bits per heavy atom. The number of nitrogens with zero attached hydrogens (tertiary/aromatic N) is 2. The fourth-order valence-electron chi connectivity index (χ4n) is 2.42. The Morgan fingerprint density at radius 3 is 2.62 bits per heavy atom. The summed E-state index contributed by atoms with van der Waals surface area (Å²) in [6.45, 7) is 1.75. The maximum atomic E-state index is 12.8. The molecule has 1 aromatic heterocycles. The molecular weight excluding hydrogens is 371 g/mol. The van der Waals surface area contributed by atoms with Crippen LogP contribution in [0.1, 0.15) is 11.1 Å². The minimum absolute atomic E-state index is 0.0651. The first-order valence-corrected chi connectivity index (χ1v) is 8.59. The number of nitrogens with one attached hydrogen (secondary N) is 1. The van der Waals surface area contributed by atoms with Gasteiger partial charge in [-0.05, 0) is 42.8 Å². The molecule has 26 heavy (non-hydrogen) atoms. The maximum Gasteiger partial charge on any atom is 0.501 e. The van der Waals surface area contributed by atoms with Crippen LogP contribution in [0.15, 0.2) is 41.4 Å². The number of alkyl halides is 3. The van der Waals surface area contributed by atoms with Crippen molar-refractivity contribution in [1.82, 2.24) is 10.2 Å². The zero-order chi connectivity index (χ0) is 19.1. The van der Waals surface area contributed by atoms with Crippen LogP contribution in [0.3, 0.4) is 0 Å². The molecule has 6 nitrogen and oxygen atoms in total. The minimum Gasteiger partial charge on any atom is -0.457 e. The number of rotatable bonds is 3. The number of benzene rings is 2. The van der Waals surface area contributed by atoms with Crippen molar-refractivity contribution in [3.63, 3.8) is 0 Å². The smallest absolute Gasteiger partial charge is 0.457 e. The van der Waals surface area contributed by atoms with Gasteiger partial charge in [0, 0.05) is 0 Å². The van der Waals surface area contributed by atoms with E-state index in [2.05, 4.69) is 10.2 Å². The van der Waals surface area contributed by atoms with Crippen LogP contribution in [0.2, 0.25) is 0 Å². The van der Waals surface area contributed by atoms with Crippen molar-refractivity contribution in [3.8, 4) is 17.6 Å². The van der Waals surface area contributed by atoms with E-state index < -0.39 is 20.2 Å². The first-order valence-electron chi connectivity index (χ1n) is 7.10. The number of nitriles is 1. The van der Waals surface area contributed by atoms with E-state index in [4.69, 9.17) is 10.00 Å². The first kappa shape index (κ1) is 17.8. The summed E-state index contributed by atoms with van der Waals surface area (Å²) in [4.78, 5) is -0.938. The molecule has 10 heteroatoms. The molecular formula is C16H10F3N3O3S. The topological polar surface area (TPSA) is 95.8 Å². The second kappa shape index (κ2) is 6.03. The highest BCUT2D eigenvalue weighted by atomic mass is 32.2. The van der Waals surface area contributed by atoms with Gasteiger partial charge in [0.2, 0.25) is 0 Å². The summed E-state index contributed by atoms with van der Waals surface area (Å²) in [5.41, 5.74) is -4.66. The Balaban J connectivity index is 2.12. The van der Waals surface area contributed by atoms with E-state index in [1.54, 1.807) is 19.1 Å². The van der Waals surface area contributed by atoms with Crippen molar-refractivity contribution in [2.24, 2.45) is 0 Å². The molecule has 134 valence electrons. The van der Waals surface area contributed by atoms with Crippen LogP contribution in [0.5, 0.6) is 11.5 Å². The molecule has 0 radical (unpaired) electrons. The summed E-state index contributed by atoms with van der Waals surface area (Å²) >= 11 is 0. The second-order valence-corrected chi connectivity index (χ2v) is 7.33. The highest BCUT2D eigenvalue weighted by Crippen LogP contribution is 2.38. The highest BCUT2D eigenvalue weighted by molar-refractivity contribution is 7.92. The van der Waals surface area contributed by atoms with E-state index in [0.29, 0.717) is 5.56 Å². The van der Waals surface area contributed by atoms with Crippen LogP contribution in [0.25, 0.3) is 10.9 Å². The number of sulfone groups is 1. The number of ether oxygens (including phenoxy) is 1. The lowest BCUT2D eigenvalue weighted by atomic mass is 10.1. The van der Waals surface area contributed by atoms with Gasteiger partial charge in [-0.2, -0.15) is 23.5 Å². The van der Waals surface area contributed by atoms with Gasteiger partial charge in [-0.25, -0.2) is 8.42 Å². The zero-order valence-electron chi connectivity index (χ0n) is 13.1. The molecule has 0 saturated heterocycles. The highest BCUT2D eigenvalue weighted by Gasteiger charge is 2.48. The summed E-state index contributed by atoms with van der Waals surface area (Å²) in [5.74, 6) is 0.389. The van der Waals surface area contributed by atoms with Crippen LogP contribution in [-0.2, 0) is 9.84 Å². The lowest BCUT2D eigenvalue weighted by molar-refractivity contribution is -0.0435. The van der Waals surface area contributed by atoms with Crippen LogP contribution in [0, 0.1) is 18.3 Å². The van der Waals surface area contributed by atoms with E-state index in [0.717, 1.165) is 17.7 Å². The van der Waals surface area contributed by atoms with Crippen molar-refractivity contribution >= 4 is 20.7 Å². The van der Waals surface area contributed by atoms with Gasteiger partial charge in [0.25, 0.3) is 9.84 Å². The number of aromatic nitrogens is 2. The predicted octanol–water partition coefficient (Wildman–Crippen LogP) is 3.83. The first-order chi connectivity index (χ1) is 12.1. The third-order valence-corrected chi connectivity index (χ3v) is 5.07. The third-order valence-electron chi connectivity index (χ3n) is 3.54. The lowest BCUT2D eigenvalue weighted by Crippen LogP contribution is -2.23. The molecule has 0 aliphatic carbocycles. The van der Waals surface area contributed by atoms with Crippen molar-refractivity contribution in [1.29, 1.82) is 5.26 Å². The average molecular weight is 381 g/mol. The Morgan fingerprint density at radius 1 is 1.23 bits per heavy atom. The van der Waals surface area contributed by atoms with E-state index in [9.17, 15) is 21.6 Å². The molecule has 0 aliphatic rings. The zero-order valence-corrected chi connectivity index (χ0v) is 13.9. The number of hydrogen-bond donors (Lipinski definition) is 1. The van der Waals surface area contributed by atoms with E-state index >= 15 is 0 Å². The van der Waals surface area contributed by atoms with Gasteiger partial charge in [0.05, 0.1) is 28.7 Å². The summed E-state index contributed by atoms with van der Waals surface area (Å²) in [6, 6.07) is 8.62. The molecule has 1 heterocycles. The summed E-state index contributed by atoms with van der Waals surface area (Å²) in [5, 5.41) is 15.0. The average Bonchev–Trinajstić information content (AvgIpc) is 3.03. The number of halogens is 3. The van der Waals surface area contributed by atoms with Gasteiger partial charge >= 0.3 is 5.51 Å².